The van der Waals surface area contributed by atoms with E-state index in [1.165, 1.54) is 38.6 Å². The molecule has 0 bridgehead atoms. The van der Waals surface area contributed by atoms with Gasteiger partial charge in [0.25, 0.3) is 0 Å². The van der Waals surface area contributed by atoms with Crippen LogP contribution in [0.15, 0.2) is 60.7 Å². The first-order valence-corrected chi connectivity index (χ1v) is 7.59. The van der Waals surface area contributed by atoms with E-state index in [4.69, 9.17) is 0 Å². The van der Waals surface area contributed by atoms with Crippen molar-refractivity contribution in [2.75, 3.05) is 0 Å². The lowest BCUT2D eigenvalue weighted by Gasteiger charge is -2.14. The van der Waals surface area contributed by atoms with E-state index in [-0.39, 0.29) is 0 Å². The average Bonchev–Trinajstić information content (AvgIpc) is 2.89. The van der Waals surface area contributed by atoms with E-state index < -0.39 is 0 Å². The first-order chi connectivity index (χ1) is 10.3. The largest absolute Gasteiger partial charge is 0.0619 e. The van der Waals surface area contributed by atoms with Gasteiger partial charge in [0.1, 0.15) is 0 Å². The molecule has 0 N–H and O–H groups in total. The molecule has 0 saturated carbocycles. The van der Waals surface area contributed by atoms with Gasteiger partial charge in [0.15, 0.2) is 0 Å². The van der Waals surface area contributed by atoms with Crippen molar-refractivity contribution in [2.24, 2.45) is 0 Å². The summed E-state index contributed by atoms with van der Waals surface area (Å²) in [6.45, 7) is 4.53. The lowest BCUT2D eigenvalue weighted by molar-refractivity contribution is 0.863. The molecule has 0 nitrogen and oxygen atoms in total. The first kappa shape index (κ1) is 12.4. The van der Waals surface area contributed by atoms with Crippen LogP contribution in [-0.2, 0) is 0 Å². The maximum atomic E-state index is 2.35. The SMILES string of the molecule is CC(C)c1ccccc1C1=Cc2cccc3cccc1c23. The highest BCUT2D eigenvalue weighted by Gasteiger charge is 2.19. The summed E-state index contributed by atoms with van der Waals surface area (Å²) in [4.78, 5) is 0. The first-order valence-electron chi connectivity index (χ1n) is 7.59. The third-order valence-electron chi connectivity index (χ3n) is 4.40. The Hall–Kier alpha value is -2.34. The molecule has 0 radical (unpaired) electrons. The van der Waals surface area contributed by atoms with Gasteiger partial charge in [0.05, 0.1) is 0 Å². The molecule has 21 heavy (non-hydrogen) atoms. The second-order valence-corrected chi connectivity index (χ2v) is 6.05. The number of hydrogen-bond donors (Lipinski definition) is 0. The van der Waals surface area contributed by atoms with Crippen molar-refractivity contribution in [3.63, 3.8) is 0 Å². The summed E-state index contributed by atoms with van der Waals surface area (Å²) in [6.07, 6.45) is 2.35. The minimum absolute atomic E-state index is 0.532. The highest BCUT2D eigenvalue weighted by molar-refractivity contribution is 6.13. The zero-order chi connectivity index (χ0) is 14.4. The van der Waals surface area contributed by atoms with Crippen molar-refractivity contribution in [3.8, 4) is 0 Å². The third-order valence-corrected chi connectivity index (χ3v) is 4.40. The van der Waals surface area contributed by atoms with E-state index >= 15 is 0 Å². The Bertz CT molecular complexity index is 861. The van der Waals surface area contributed by atoms with Crippen LogP contribution in [0.4, 0.5) is 0 Å². The van der Waals surface area contributed by atoms with E-state index in [0.29, 0.717) is 5.92 Å². The van der Waals surface area contributed by atoms with Gasteiger partial charge in [-0.3, -0.25) is 0 Å². The van der Waals surface area contributed by atoms with Gasteiger partial charge in [-0.15, -0.1) is 0 Å². The van der Waals surface area contributed by atoms with Crippen molar-refractivity contribution >= 4 is 22.4 Å². The molecule has 0 unspecified atom stereocenters. The quantitative estimate of drug-likeness (QED) is 0.427. The molecule has 0 spiro atoms. The molecule has 0 aromatic heterocycles. The van der Waals surface area contributed by atoms with E-state index in [9.17, 15) is 0 Å². The van der Waals surface area contributed by atoms with Gasteiger partial charge in [-0.1, -0.05) is 74.5 Å². The molecule has 0 fully saturated rings. The maximum absolute atomic E-state index is 2.35. The molecular formula is C21H18. The normalized spacial score (nSPS) is 13.0. The molecule has 0 amide bonds. The molecule has 0 aliphatic heterocycles. The summed E-state index contributed by atoms with van der Waals surface area (Å²) in [5.74, 6) is 0.532. The second-order valence-electron chi connectivity index (χ2n) is 6.05. The molecule has 0 saturated heterocycles. The van der Waals surface area contributed by atoms with Gasteiger partial charge in [0, 0.05) is 0 Å². The van der Waals surface area contributed by atoms with Crippen LogP contribution >= 0.6 is 0 Å². The molecule has 3 aromatic carbocycles. The van der Waals surface area contributed by atoms with Crippen LogP contribution in [0.3, 0.4) is 0 Å². The van der Waals surface area contributed by atoms with Crippen LogP contribution in [0.1, 0.15) is 42.0 Å². The van der Waals surface area contributed by atoms with Crippen LogP contribution in [0.5, 0.6) is 0 Å². The zero-order valence-electron chi connectivity index (χ0n) is 12.4. The van der Waals surface area contributed by atoms with Crippen molar-refractivity contribution in [3.05, 3.63) is 82.9 Å². The Balaban J connectivity index is 2.00. The summed E-state index contributed by atoms with van der Waals surface area (Å²) >= 11 is 0. The monoisotopic (exact) mass is 270 g/mol. The summed E-state index contributed by atoms with van der Waals surface area (Å²) in [6, 6.07) is 22.0. The third kappa shape index (κ3) is 1.83. The number of benzene rings is 3. The Morgan fingerprint density at radius 1 is 0.714 bits per heavy atom. The molecular weight excluding hydrogens is 252 g/mol. The smallest absolute Gasteiger partial charge is 0.00324 e. The fourth-order valence-electron chi connectivity index (χ4n) is 3.42. The Morgan fingerprint density at radius 2 is 1.43 bits per heavy atom. The highest BCUT2D eigenvalue weighted by Crippen LogP contribution is 2.41. The second kappa shape index (κ2) is 4.60. The number of rotatable bonds is 2. The Morgan fingerprint density at radius 3 is 2.24 bits per heavy atom. The van der Waals surface area contributed by atoms with Crippen LogP contribution in [0, 0.1) is 0 Å². The summed E-state index contributed by atoms with van der Waals surface area (Å²) in [7, 11) is 0. The fraction of sp³-hybridized carbons (Fsp3) is 0.143. The van der Waals surface area contributed by atoms with Crippen molar-refractivity contribution in [1.82, 2.24) is 0 Å². The molecule has 1 aliphatic rings. The summed E-state index contributed by atoms with van der Waals surface area (Å²) < 4.78 is 0. The molecule has 4 rings (SSSR count). The predicted octanol–water partition coefficient (Wildman–Crippen LogP) is 5.87. The van der Waals surface area contributed by atoms with Crippen molar-refractivity contribution < 1.29 is 0 Å². The Labute approximate surface area is 125 Å². The standard InChI is InChI=1S/C21H18/c1-14(2)17-10-3-4-11-18(17)20-13-16-9-5-7-15-8-6-12-19(20)21(15)16/h3-14H,1-2H3. The Kier molecular flexibility index (Phi) is 2.71. The fourth-order valence-corrected chi connectivity index (χ4v) is 3.42. The summed E-state index contributed by atoms with van der Waals surface area (Å²) in [5.41, 5.74) is 6.88. The van der Waals surface area contributed by atoms with Crippen LogP contribution in [-0.4, -0.2) is 0 Å². The van der Waals surface area contributed by atoms with Crippen molar-refractivity contribution in [2.45, 2.75) is 19.8 Å². The van der Waals surface area contributed by atoms with E-state index in [2.05, 4.69) is 80.6 Å². The molecule has 1 aliphatic carbocycles. The van der Waals surface area contributed by atoms with E-state index in [1.807, 2.05) is 0 Å². The molecule has 0 heteroatoms. The van der Waals surface area contributed by atoms with E-state index in [1.54, 1.807) is 0 Å². The van der Waals surface area contributed by atoms with Gasteiger partial charge in [-0.25, -0.2) is 0 Å². The molecule has 0 heterocycles. The zero-order valence-corrected chi connectivity index (χ0v) is 12.4. The topological polar surface area (TPSA) is 0 Å². The predicted molar refractivity (Wildman–Crippen MR) is 91.5 cm³/mol. The average molecular weight is 270 g/mol. The highest BCUT2D eigenvalue weighted by atomic mass is 14.2. The molecule has 102 valence electrons. The molecule has 0 atom stereocenters. The van der Waals surface area contributed by atoms with Crippen molar-refractivity contribution in [1.29, 1.82) is 0 Å². The van der Waals surface area contributed by atoms with E-state index in [0.717, 1.165) is 0 Å². The lowest BCUT2D eigenvalue weighted by Crippen LogP contribution is -1.95. The lowest BCUT2D eigenvalue weighted by atomic mass is 9.90. The van der Waals surface area contributed by atoms with Gasteiger partial charge in [0.2, 0.25) is 0 Å². The van der Waals surface area contributed by atoms with Crippen LogP contribution < -0.4 is 0 Å². The van der Waals surface area contributed by atoms with Gasteiger partial charge in [-0.2, -0.15) is 0 Å². The summed E-state index contributed by atoms with van der Waals surface area (Å²) in [5, 5.41) is 2.73. The minimum Gasteiger partial charge on any atom is -0.0619 e. The van der Waals surface area contributed by atoms with Gasteiger partial charge < -0.3 is 0 Å². The minimum atomic E-state index is 0.532. The van der Waals surface area contributed by atoms with Crippen LogP contribution in [0.25, 0.3) is 22.4 Å². The van der Waals surface area contributed by atoms with Gasteiger partial charge in [-0.05, 0) is 50.6 Å². The maximum Gasteiger partial charge on any atom is -0.00324 e. The number of hydrogen-bond acceptors (Lipinski definition) is 0. The molecule has 3 aromatic rings. The van der Waals surface area contributed by atoms with Crippen LogP contribution in [0.2, 0.25) is 0 Å². The van der Waals surface area contributed by atoms with Gasteiger partial charge >= 0.3 is 0 Å².